The fourth-order valence-corrected chi connectivity index (χ4v) is 3.12. The van der Waals surface area contributed by atoms with E-state index in [1.54, 1.807) is 11.1 Å². The van der Waals surface area contributed by atoms with E-state index < -0.39 is 0 Å². The lowest BCUT2D eigenvalue weighted by Gasteiger charge is -2.29. The molecule has 1 aliphatic rings. The predicted octanol–water partition coefficient (Wildman–Crippen LogP) is 4.52. The zero-order chi connectivity index (χ0) is 13.7. The maximum absolute atomic E-state index is 3.63. The highest BCUT2D eigenvalue weighted by molar-refractivity contribution is 5.31. The summed E-state index contributed by atoms with van der Waals surface area (Å²) in [4.78, 5) is 0. The average Bonchev–Trinajstić information content (AvgIpc) is 2.33. The monoisotopic (exact) mass is 259 g/mol. The van der Waals surface area contributed by atoms with Gasteiger partial charge in [0.25, 0.3) is 0 Å². The highest BCUT2D eigenvalue weighted by atomic mass is 14.9. The van der Waals surface area contributed by atoms with E-state index in [-0.39, 0.29) is 0 Å². The summed E-state index contributed by atoms with van der Waals surface area (Å²) < 4.78 is 0. The minimum atomic E-state index is 0.652. The summed E-state index contributed by atoms with van der Waals surface area (Å²) >= 11 is 0. The summed E-state index contributed by atoms with van der Waals surface area (Å²) in [6.45, 7) is 7.93. The minimum Gasteiger partial charge on any atom is -0.314 e. The van der Waals surface area contributed by atoms with Gasteiger partial charge >= 0.3 is 0 Å². The molecule has 0 amide bonds. The molecule has 0 bridgehead atoms. The molecule has 106 valence electrons. The van der Waals surface area contributed by atoms with Crippen molar-refractivity contribution in [2.24, 2.45) is 5.92 Å². The van der Waals surface area contributed by atoms with Crippen LogP contribution < -0.4 is 5.32 Å². The molecule has 1 aliphatic carbocycles. The van der Waals surface area contributed by atoms with Gasteiger partial charge in [-0.3, -0.25) is 0 Å². The fourth-order valence-electron chi connectivity index (χ4n) is 3.12. The molecule has 1 aromatic rings. The van der Waals surface area contributed by atoms with Crippen molar-refractivity contribution >= 4 is 0 Å². The van der Waals surface area contributed by atoms with Crippen molar-refractivity contribution in [1.82, 2.24) is 5.32 Å². The number of hydrogen-bond acceptors (Lipinski definition) is 1. The molecule has 2 rings (SSSR count). The van der Waals surface area contributed by atoms with Crippen molar-refractivity contribution in [3.05, 3.63) is 35.4 Å². The van der Waals surface area contributed by atoms with E-state index in [0.717, 1.165) is 18.4 Å². The van der Waals surface area contributed by atoms with Crippen LogP contribution in [0.5, 0.6) is 0 Å². The van der Waals surface area contributed by atoms with Gasteiger partial charge in [-0.25, -0.2) is 0 Å². The zero-order valence-electron chi connectivity index (χ0n) is 12.8. The Morgan fingerprint density at radius 2 is 1.95 bits per heavy atom. The van der Waals surface area contributed by atoms with Crippen molar-refractivity contribution in [2.75, 3.05) is 6.54 Å². The zero-order valence-corrected chi connectivity index (χ0v) is 12.8. The molecule has 1 saturated carbocycles. The second-order valence-corrected chi connectivity index (χ2v) is 6.27. The quantitative estimate of drug-likeness (QED) is 0.759. The van der Waals surface area contributed by atoms with E-state index in [2.05, 4.69) is 50.4 Å². The van der Waals surface area contributed by atoms with Crippen molar-refractivity contribution in [3.8, 4) is 0 Å². The molecule has 1 N–H and O–H groups in total. The third-order valence-corrected chi connectivity index (χ3v) is 4.60. The second kappa shape index (κ2) is 7.09. The lowest BCUT2D eigenvalue weighted by atomic mass is 9.77. The number of aryl methyl sites for hydroxylation is 1. The van der Waals surface area contributed by atoms with Crippen LogP contribution in [0.4, 0.5) is 0 Å². The van der Waals surface area contributed by atoms with E-state index >= 15 is 0 Å². The predicted molar refractivity (Wildman–Crippen MR) is 83.7 cm³/mol. The van der Waals surface area contributed by atoms with Crippen LogP contribution in [0.3, 0.4) is 0 Å². The average molecular weight is 259 g/mol. The van der Waals surface area contributed by atoms with Gasteiger partial charge < -0.3 is 5.32 Å². The summed E-state index contributed by atoms with van der Waals surface area (Å²) in [7, 11) is 0. The Morgan fingerprint density at radius 3 is 2.53 bits per heavy atom. The molecule has 19 heavy (non-hydrogen) atoms. The van der Waals surface area contributed by atoms with E-state index in [1.165, 1.54) is 32.1 Å². The first-order valence-corrected chi connectivity index (χ1v) is 8.03. The van der Waals surface area contributed by atoms with E-state index in [0.29, 0.717) is 6.04 Å². The Bertz CT molecular complexity index is 379. The number of rotatable bonds is 7. The molecule has 0 heterocycles. The first kappa shape index (κ1) is 14.6. The Balaban J connectivity index is 1.98. The summed E-state index contributed by atoms with van der Waals surface area (Å²) in [6.07, 6.45) is 6.71. The summed E-state index contributed by atoms with van der Waals surface area (Å²) in [5, 5.41) is 3.63. The maximum atomic E-state index is 3.63. The summed E-state index contributed by atoms with van der Waals surface area (Å²) in [5.41, 5.74) is 3.23. The maximum Gasteiger partial charge on any atom is 0.00931 e. The van der Waals surface area contributed by atoms with E-state index in [9.17, 15) is 0 Å². The molecule has 1 unspecified atom stereocenters. The van der Waals surface area contributed by atoms with Crippen LogP contribution in [0.2, 0.25) is 0 Å². The molecule has 0 aromatic heterocycles. The van der Waals surface area contributed by atoms with Gasteiger partial charge in [0.05, 0.1) is 0 Å². The Morgan fingerprint density at radius 1 is 1.21 bits per heavy atom. The van der Waals surface area contributed by atoms with E-state index in [1.807, 2.05) is 0 Å². The molecule has 1 atom stereocenters. The molecule has 1 heteroatoms. The summed E-state index contributed by atoms with van der Waals surface area (Å²) in [5.74, 6) is 1.57. The van der Waals surface area contributed by atoms with Gasteiger partial charge in [-0.2, -0.15) is 0 Å². The van der Waals surface area contributed by atoms with Crippen molar-refractivity contribution in [3.63, 3.8) is 0 Å². The van der Waals surface area contributed by atoms with Crippen LogP contribution in [0.25, 0.3) is 0 Å². The number of hydrogen-bond donors (Lipinski definition) is 1. The normalized spacial score (nSPS) is 17.5. The lowest BCUT2D eigenvalue weighted by Crippen LogP contribution is -2.34. The van der Waals surface area contributed by atoms with Gasteiger partial charge in [0.15, 0.2) is 0 Å². The molecular formula is C18H29N. The summed E-state index contributed by atoms with van der Waals surface area (Å²) in [6, 6.07) is 9.77. The Labute approximate surface area is 118 Å². The molecule has 1 nitrogen and oxygen atoms in total. The first-order valence-electron chi connectivity index (χ1n) is 8.03. The molecule has 0 aliphatic heterocycles. The molecule has 0 saturated heterocycles. The molecule has 1 fully saturated rings. The second-order valence-electron chi connectivity index (χ2n) is 6.27. The molecule has 1 aromatic carbocycles. The van der Waals surface area contributed by atoms with Crippen LogP contribution >= 0.6 is 0 Å². The number of nitrogens with one attached hydrogen (secondary N) is 1. The van der Waals surface area contributed by atoms with E-state index in [4.69, 9.17) is 0 Å². The van der Waals surface area contributed by atoms with Crippen LogP contribution in [0, 0.1) is 5.92 Å². The minimum absolute atomic E-state index is 0.652. The smallest absolute Gasteiger partial charge is 0.00931 e. The van der Waals surface area contributed by atoms with Gasteiger partial charge in [0.2, 0.25) is 0 Å². The SMILES string of the molecule is CCNC(CCc1ccccc1C1CCC1)C(C)C. The van der Waals surface area contributed by atoms with Gasteiger partial charge in [-0.05, 0) is 55.2 Å². The largest absolute Gasteiger partial charge is 0.314 e. The van der Waals surface area contributed by atoms with Crippen LogP contribution in [-0.2, 0) is 6.42 Å². The van der Waals surface area contributed by atoms with Gasteiger partial charge in [-0.1, -0.05) is 51.5 Å². The fraction of sp³-hybridized carbons (Fsp3) is 0.667. The highest BCUT2D eigenvalue weighted by Gasteiger charge is 2.22. The third-order valence-electron chi connectivity index (χ3n) is 4.60. The highest BCUT2D eigenvalue weighted by Crippen LogP contribution is 2.38. The third kappa shape index (κ3) is 3.82. The Hall–Kier alpha value is -0.820. The molecule has 0 radical (unpaired) electrons. The van der Waals surface area contributed by atoms with Gasteiger partial charge in [0.1, 0.15) is 0 Å². The van der Waals surface area contributed by atoms with Crippen LogP contribution in [0.1, 0.15) is 63.5 Å². The lowest BCUT2D eigenvalue weighted by molar-refractivity contribution is 0.381. The first-order chi connectivity index (χ1) is 9.22. The van der Waals surface area contributed by atoms with Crippen molar-refractivity contribution < 1.29 is 0 Å². The van der Waals surface area contributed by atoms with Gasteiger partial charge in [0, 0.05) is 6.04 Å². The molecule has 0 spiro atoms. The standard InChI is InChI=1S/C18H29N/c1-4-19-18(14(2)3)13-12-16-8-5-6-11-17(16)15-9-7-10-15/h5-6,8,11,14-15,18-19H,4,7,9-10,12-13H2,1-3H3. The molecular weight excluding hydrogens is 230 g/mol. The van der Waals surface area contributed by atoms with Crippen molar-refractivity contribution in [2.45, 2.75) is 64.8 Å². The topological polar surface area (TPSA) is 12.0 Å². The Kier molecular flexibility index (Phi) is 5.45. The van der Waals surface area contributed by atoms with Crippen LogP contribution in [0.15, 0.2) is 24.3 Å². The van der Waals surface area contributed by atoms with Crippen molar-refractivity contribution in [1.29, 1.82) is 0 Å². The van der Waals surface area contributed by atoms with Gasteiger partial charge in [-0.15, -0.1) is 0 Å². The van der Waals surface area contributed by atoms with Crippen LogP contribution in [-0.4, -0.2) is 12.6 Å². The number of benzene rings is 1.